The molecule has 0 amide bonds. The number of hydrogen-bond donors (Lipinski definition) is 2. The van der Waals surface area contributed by atoms with E-state index in [-0.39, 0.29) is 0 Å². The molecule has 0 radical (unpaired) electrons. The molecule has 0 spiro atoms. The lowest BCUT2D eigenvalue weighted by Crippen LogP contribution is -2.57. The van der Waals surface area contributed by atoms with Crippen molar-refractivity contribution in [1.82, 2.24) is 0 Å². The summed E-state index contributed by atoms with van der Waals surface area (Å²) in [5.74, 6) is -6.01. The molecule has 0 bridgehead atoms. The van der Waals surface area contributed by atoms with Gasteiger partial charge in [0.1, 0.15) is 0 Å². The van der Waals surface area contributed by atoms with E-state index in [0.717, 1.165) is 0 Å². The minimum Gasteiger partial charge on any atom is -0.335 e. The van der Waals surface area contributed by atoms with Gasteiger partial charge < -0.3 is 10.2 Å². The number of halogens is 11. The molecular weight excluding hydrogens is 349 g/mol. The number of aliphatic hydroxyl groups is 2. The number of alkyl halides is 11. The number of rotatable bonds is 8. The zero-order chi connectivity index (χ0) is 18.0. The molecule has 0 aromatic carbocycles. The highest BCUT2D eigenvalue weighted by Crippen LogP contribution is 2.38. The average molecular weight is 358 g/mol. The predicted octanol–water partition coefficient (Wildman–Crippen LogP) is 2.52. The highest BCUT2D eigenvalue weighted by Gasteiger charge is 2.64. The maximum Gasteiger partial charge on any atom is 0.384 e. The molecule has 13 heteroatoms. The summed E-state index contributed by atoms with van der Waals surface area (Å²) >= 11 is 0. The fourth-order valence-corrected chi connectivity index (χ4v) is 1.20. The van der Waals surface area contributed by atoms with Crippen LogP contribution in [0.3, 0.4) is 0 Å². The number of hydrogen-bond acceptors (Lipinski definition) is 2. The van der Waals surface area contributed by atoms with Crippen LogP contribution in [0.25, 0.3) is 0 Å². The van der Waals surface area contributed by atoms with Crippen molar-refractivity contribution in [3.63, 3.8) is 0 Å². The molecule has 0 rings (SSSR count). The van der Waals surface area contributed by atoms with E-state index in [4.69, 9.17) is 10.2 Å². The summed E-state index contributed by atoms with van der Waals surface area (Å²) in [5, 5.41) is 15.7. The van der Waals surface area contributed by atoms with Gasteiger partial charge in [0.25, 0.3) is 6.43 Å². The van der Waals surface area contributed by atoms with E-state index in [1.54, 1.807) is 0 Å². The van der Waals surface area contributed by atoms with Gasteiger partial charge in [-0.2, -0.15) is 13.2 Å². The summed E-state index contributed by atoms with van der Waals surface area (Å²) in [6.07, 6.45) is -29.7. The second-order valence-electron chi connectivity index (χ2n) is 4.17. The highest BCUT2D eigenvalue weighted by molar-refractivity contribution is 4.96. The van der Waals surface area contributed by atoms with Crippen LogP contribution < -0.4 is 0 Å². The molecule has 0 saturated carbocycles. The molecule has 22 heavy (non-hydrogen) atoms. The second-order valence-corrected chi connectivity index (χ2v) is 4.17. The molecule has 134 valence electrons. The third-order valence-corrected chi connectivity index (χ3v) is 2.51. The van der Waals surface area contributed by atoms with Gasteiger partial charge >= 0.3 is 12.0 Å². The van der Waals surface area contributed by atoms with Gasteiger partial charge in [0.05, 0.1) is 0 Å². The van der Waals surface area contributed by atoms with E-state index in [0.29, 0.717) is 0 Å². The minimum absolute atomic E-state index is 3.96. The molecule has 0 saturated heterocycles. The Labute approximate surface area is 115 Å². The zero-order valence-electron chi connectivity index (χ0n) is 10.1. The monoisotopic (exact) mass is 358 g/mol. The van der Waals surface area contributed by atoms with Gasteiger partial charge in [-0.25, -0.2) is 35.1 Å². The first-order valence-corrected chi connectivity index (χ1v) is 5.30. The fourth-order valence-electron chi connectivity index (χ4n) is 1.20. The van der Waals surface area contributed by atoms with Gasteiger partial charge in [-0.1, -0.05) is 0 Å². The van der Waals surface area contributed by atoms with Crippen molar-refractivity contribution in [2.45, 2.75) is 55.4 Å². The molecule has 2 nitrogen and oxygen atoms in total. The Morgan fingerprint density at radius 2 is 0.864 bits per heavy atom. The van der Waals surface area contributed by atoms with Crippen LogP contribution in [0.15, 0.2) is 0 Å². The molecule has 0 heterocycles. The van der Waals surface area contributed by atoms with E-state index in [9.17, 15) is 48.3 Å². The van der Waals surface area contributed by atoms with E-state index in [2.05, 4.69) is 0 Å². The van der Waals surface area contributed by atoms with Crippen molar-refractivity contribution < 1.29 is 58.5 Å². The SMILES string of the molecule is OC(O)(F)C(F)(F)C(F)C(F)C(F)C(F)C(F)C(F)C(F)F. The van der Waals surface area contributed by atoms with Crippen molar-refractivity contribution in [2.75, 3.05) is 0 Å². The normalized spacial score (nSPS) is 22.1. The predicted molar refractivity (Wildman–Crippen MR) is 48.6 cm³/mol. The molecule has 0 aliphatic rings. The summed E-state index contributed by atoms with van der Waals surface area (Å²) in [6.45, 7) is 0. The second kappa shape index (κ2) is 7.15. The summed E-state index contributed by atoms with van der Waals surface area (Å²) in [6, 6.07) is -5.68. The Balaban J connectivity index is 5.10. The van der Waals surface area contributed by atoms with Gasteiger partial charge in [0.2, 0.25) is 6.17 Å². The van der Waals surface area contributed by atoms with Crippen LogP contribution in [-0.4, -0.2) is 65.6 Å². The first kappa shape index (κ1) is 21.1. The largest absolute Gasteiger partial charge is 0.384 e. The van der Waals surface area contributed by atoms with Crippen LogP contribution in [0.5, 0.6) is 0 Å². The summed E-state index contributed by atoms with van der Waals surface area (Å²) < 4.78 is 138. The smallest absolute Gasteiger partial charge is 0.335 e. The van der Waals surface area contributed by atoms with E-state index >= 15 is 0 Å². The summed E-state index contributed by atoms with van der Waals surface area (Å²) in [5.41, 5.74) is 0. The third-order valence-electron chi connectivity index (χ3n) is 2.51. The lowest BCUT2D eigenvalue weighted by molar-refractivity contribution is -0.384. The van der Waals surface area contributed by atoms with Crippen molar-refractivity contribution in [1.29, 1.82) is 0 Å². The Bertz CT molecular complexity index is 347. The van der Waals surface area contributed by atoms with Gasteiger partial charge in [0, 0.05) is 0 Å². The Hall–Kier alpha value is -0.850. The summed E-state index contributed by atoms with van der Waals surface area (Å²) in [7, 11) is 0. The van der Waals surface area contributed by atoms with Crippen LogP contribution in [0.1, 0.15) is 0 Å². The van der Waals surface area contributed by atoms with Gasteiger partial charge in [0.15, 0.2) is 30.9 Å². The standard InChI is InChI=1S/C9H9F11O2/c10-1(3(12)5(14)7(16)17)2(11)4(13)6(15)8(18,19)9(20,21)22/h1-7,21-22H. The van der Waals surface area contributed by atoms with Crippen LogP contribution in [0.4, 0.5) is 48.3 Å². The maximum atomic E-state index is 13.0. The Morgan fingerprint density at radius 1 is 0.545 bits per heavy atom. The molecule has 6 unspecified atom stereocenters. The molecule has 0 aliphatic carbocycles. The molecule has 0 aromatic heterocycles. The first-order valence-electron chi connectivity index (χ1n) is 5.30. The molecule has 6 atom stereocenters. The Kier molecular flexibility index (Phi) is 6.87. The van der Waals surface area contributed by atoms with Crippen LogP contribution in [0.2, 0.25) is 0 Å². The maximum absolute atomic E-state index is 13.0. The fraction of sp³-hybridized carbons (Fsp3) is 1.00. The van der Waals surface area contributed by atoms with Crippen molar-refractivity contribution in [3.05, 3.63) is 0 Å². The van der Waals surface area contributed by atoms with Crippen LogP contribution in [-0.2, 0) is 0 Å². The minimum atomic E-state index is -6.01. The first-order chi connectivity index (χ1) is 9.66. The molecule has 0 aromatic rings. The lowest BCUT2D eigenvalue weighted by Gasteiger charge is -2.30. The van der Waals surface area contributed by atoms with Crippen molar-refractivity contribution in [2.24, 2.45) is 0 Å². The van der Waals surface area contributed by atoms with Gasteiger partial charge in [-0.05, 0) is 0 Å². The van der Waals surface area contributed by atoms with Crippen LogP contribution in [0, 0.1) is 0 Å². The topological polar surface area (TPSA) is 40.5 Å². The average Bonchev–Trinajstić information content (AvgIpc) is 2.40. The molecule has 2 N–H and O–H groups in total. The summed E-state index contributed by atoms with van der Waals surface area (Å²) in [4.78, 5) is 0. The van der Waals surface area contributed by atoms with Crippen molar-refractivity contribution >= 4 is 0 Å². The lowest BCUT2D eigenvalue weighted by atomic mass is 9.98. The molecule has 0 fully saturated rings. The van der Waals surface area contributed by atoms with Gasteiger partial charge in [-0.3, -0.25) is 0 Å². The van der Waals surface area contributed by atoms with Gasteiger partial charge in [-0.15, -0.1) is 0 Å². The zero-order valence-corrected chi connectivity index (χ0v) is 10.1. The van der Waals surface area contributed by atoms with E-state index in [1.807, 2.05) is 0 Å². The Morgan fingerprint density at radius 3 is 1.18 bits per heavy atom. The molecule has 0 aliphatic heterocycles. The molecular formula is C9H9F11O2. The quantitative estimate of drug-likeness (QED) is 0.517. The van der Waals surface area contributed by atoms with E-state index < -0.39 is 55.4 Å². The van der Waals surface area contributed by atoms with E-state index in [1.165, 1.54) is 0 Å². The third kappa shape index (κ3) is 4.33. The van der Waals surface area contributed by atoms with Crippen LogP contribution >= 0.6 is 0 Å². The van der Waals surface area contributed by atoms with Crippen molar-refractivity contribution in [3.8, 4) is 0 Å². The highest BCUT2D eigenvalue weighted by atomic mass is 19.3.